The highest BCUT2D eigenvalue weighted by molar-refractivity contribution is 5.05. The van der Waals surface area contributed by atoms with Gasteiger partial charge in [-0.3, -0.25) is 0 Å². The van der Waals surface area contributed by atoms with Crippen LogP contribution < -0.4 is 0 Å². The summed E-state index contributed by atoms with van der Waals surface area (Å²) in [6.45, 7) is 6.97. The van der Waals surface area contributed by atoms with E-state index < -0.39 is 0 Å². The standard InChI is InChI=1S/C5H5NO/c1-4-3-5(2)7-6-4/h1,3H,2H3. The van der Waals surface area contributed by atoms with Crippen molar-refractivity contribution in [2.75, 3.05) is 0 Å². The molecule has 0 saturated heterocycles. The molecule has 0 saturated carbocycles. The second-order valence-corrected chi connectivity index (χ2v) is 1.36. The quantitative estimate of drug-likeness (QED) is 0.481. The first-order valence-electron chi connectivity index (χ1n) is 1.98. The summed E-state index contributed by atoms with van der Waals surface area (Å²) in [5.74, 6) is 0.748. The summed E-state index contributed by atoms with van der Waals surface area (Å²) in [6, 6.07) is 1.67. The van der Waals surface area contributed by atoms with E-state index in [0.717, 1.165) is 5.76 Å². The predicted molar refractivity (Wildman–Crippen MR) is 24.6 cm³/mol. The van der Waals surface area contributed by atoms with Gasteiger partial charge in [-0.15, -0.1) is 0 Å². The topological polar surface area (TPSA) is 26.0 Å². The van der Waals surface area contributed by atoms with Crippen LogP contribution in [0.5, 0.6) is 0 Å². The van der Waals surface area contributed by atoms with Gasteiger partial charge >= 0.3 is 0 Å². The minimum absolute atomic E-state index is 0.442. The highest BCUT2D eigenvalue weighted by Gasteiger charge is 1.88. The lowest BCUT2D eigenvalue weighted by Gasteiger charge is -1.65. The maximum absolute atomic E-state index is 5.17. The van der Waals surface area contributed by atoms with Crippen molar-refractivity contribution in [1.29, 1.82) is 0 Å². The van der Waals surface area contributed by atoms with Crippen LogP contribution in [0.15, 0.2) is 10.6 Å². The maximum Gasteiger partial charge on any atom is 0.133 e. The molecule has 1 aromatic heterocycles. The fraction of sp³-hybridized carbons (Fsp3) is 0.200. The van der Waals surface area contributed by atoms with Crippen LogP contribution in [0.25, 0.3) is 0 Å². The third-order valence-electron chi connectivity index (χ3n) is 0.646. The molecule has 0 aromatic carbocycles. The van der Waals surface area contributed by atoms with E-state index in [0.29, 0.717) is 5.69 Å². The number of rotatable bonds is 0. The lowest BCUT2D eigenvalue weighted by molar-refractivity contribution is 0.395. The van der Waals surface area contributed by atoms with E-state index in [2.05, 4.69) is 9.68 Å². The average molecular weight is 95.1 g/mol. The van der Waals surface area contributed by atoms with E-state index in [1.54, 1.807) is 13.0 Å². The average Bonchev–Trinajstić information content (AvgIpc) is 1.87. The normalized spacial score (nSPS) is 9.43. The van der Waals surface area contributed by atoms with Crippen molar-refractivity contribution in [2.24, 2.45) is 0 Å². The smallest absolute Gasteiger partial charge is 0.133 e. The molecule has 0 aliphatic carbocycles. The third-order valence-corrected chi connectivity index (χ3v) is 0.646. The summed E-state index contributed by atoms with van der Waals surface area (Å²) < 4.78 is 4.59. The third kappa shape index (κ3) is 0.796. The lowest BCUT2D eigenvalue weighted by atomic mass is 10.4. The minimum atomic E-state index is 0.442. The summed E-state index contributed by atoms with van der Waals surface area (Å²) in [5.41, 5.74) is 0.442. The van der Waals surface area contributed by atoms with Gasteiger partial charge < -0.3 is 4.52 Å². The van der Waals surface area contributed by atoms with Crippen molar-refractivity contribution < 1.29 is 4.52 Å². The summed E-state index contributed by atoms with van der Waals surface area (Å²) >= 11 is 0. The largest absolute Gasteiger partial charge is 0.361 e. The molecule has 0 bridgehead atoms. The lowest BCUT2D eigenvalue weighted by Crippen LogP contribution is -1.59. The zero-order valence-electron chi connectivity index (χ0n) is 4.01. The second-order valence-electron chi connectivity index (χ2n) is 1.36. The molecule has 0 aliphatic rings. The zero-order valence-corrected chi connectivity index (χ0v) is 4.01. The molecule has 36 valence electrons. The van der Waals surface area contributed by atoms with Crippen molar-refractivity contribution in [2.45, 2.75) is 6.92 Å². The Kier molecular flexibility index (Phi) is 0.855. The van der Waals surface area contributed by atoms with Crippen LogP contribution in [0.1, 0.15) is 11.5 Å². The number of aryl methyl sites for hydroxylation is 1. The van der Waals surface area contributed by atoms with Crippen LogP contribution in [-0.2, 0) is 0 Å². The Morgan fingerprint density at radius 3 is 2.71 bits per heavy atom. The zero-order chi connectivity index (χ0) is 5.28. The highest BCUT2D eigenvalue weighted by atomic mass is 16.5. The van der Waals surface area contributed by atoms with Gasteiger partial charge in [-0.2, -0.15) is 0 Å². The molecule has 2 radical (unpaired) electrons. The molecule has 1 rings (SSSR count). The molecular formula is C5H5NO. The molecule has 0 aliphatic heterocycles. The van der Waals surface area contributed by atoms with Gasteiger partial charge in [0.25, 0.3) is 0 Å². The summed E-state index contributed by atoms with van der Waals surface area (Å²) in [5, 5.41) is 3.42. The van der Waals surface area contributed by atoms with Gasteiger partial charge in [-0.1, -0.05) is 5.16 Å². The van der Waals surface area contributed by atoms with Gasteiger partial charge in [-0.05, 0) is 6.92 Å². The van der Waals surface area contributed by atoms with Crippen molar-refractivity contribution in [3.63, 3.8) is 0 Å². The summed E-state index contributed by atoms with van der Waals surface area (Å²) in [6.07, 6.45) is 0. The fourth-order valence-corrected chi connectivity index (χ4v) is 0.386. The Morgan fingerprint density at radius 1 is 1.86 bits per heavy atom. The first kappa shape index (κ1) is 4.37. The fourth-order valence-electron chi connectivity index (χ4n) is 0.386. The predicted octanol–water partition coefficient (Wildman–Crippen LogP) is 1.04. The second kappa shape index (κ2) is 1.37. The van der Waals surface area contributed by atoms with Gasteiger partial charge in [0.05, 0.1) is 5.69 Å². The van der Waals surface area contributed by atoms with Crippen molar-refractivity contribution in [1.82, 2.24) is 5.16 Å². The van der Waals surface area contributed by atoms with Gasteiger partial charge in [0.2, 0.25) is 0 Å². The Bertz CT molecular complexity index is 140. The molecule has 7 heavy (non-hydrogen) atoms. The van der Waals surface area contributed by atoms with Crippen LogP contribution in [0.4, 0.5) is 0 Å². The Labute approximate surface area is 42.1 Å². The number of hydrogen-bond acceptors (Lipinski definition) is 2. The van der Waals surface area contributed by atoms with Crippen LogP contribution in [0.2, 0.25) is 0 Å². The molecule has 0 unspecified atom stereocenters. The van der Waals surface area contributed by atoms with Gasteiger partial charge in [0, 0.05) is 13.0 Å². The highest BCUT2D eigenvalue weighted by Crippen LogP contribution is 1.96. The number of hydrogen-bond donors (Lipinski definition) is 0. The molecule has 0 atom stereocenters. The number of aromatic nitrogens is 1. The molecule has 0 fully saturated rings. The maximum atomic E-state index is 5.17. The molecule has 2 nitrogen and oxygen atoms in total. The van der Waals surface area contributed by atoms with Crippen molar-refractivity contribution in [3.05, 3.63) is 24.4 Å². The molecule has 1 heterocycles. The Hall–Kier alpha value is -0.790. The van der Waals surface area contributed by atoms with Gasteiger partial charge in [0.1, 0.15) is 5.76 Å². The van der Waals surface area contributed by atoms with Crippen LogP contribution >= 0.6 is 0 Å². The van der Waals surface area contributed by atoms with Crippen LogP contribution in [0.3, 0.4) is 0 Å². The molecule has 2 heteroatoms. The monoisotopic (exact) mass is 95.0 g/mol. The van der Waals surface area contributed by atoms with E-state index in [-0.39, 0.29) is 0 Å². The first-order valence-corrected chi connectivity index (χ1v) is 1.98. The molecule has 0 amide bonds. The Morgan fingerprint density at radius 2 is 2.57 bits per heavy atom. The van der Waals surface area contributed by atoms with Crippen LogP contribution in [0, 0.1) is 13.8 Å². The van der Waals surface area contributed by atoms with E-state index in [1.165, 1.54) is 0 Å². The van der Waals surface area contributed by atoms with E-state index in [4.69, 9.17) is 6.92 Å². The van der Waals surface area contributed by atoms with Crippen LogP contribution in [-0.4, -0.2) is 5.16 Å². The molecule has 1 aromatic rings. The molecule has 0 N–H and O–H groups in total. The molecule has 0 spiro atoms. The summed E-state index contributed by atoms with van der Waals surface area (Å²) in [4.78, 5) is 0. The first-order chi connectivity index (χ1) is 3.29. The van der Waals surface area contributed by atoms with Gasteiger partial charge in [0.15, 0.2) is 0 Å². The number of nitrogens with zero attached hydrogens (tertiary/aromatic N) is 1. The van der Waals surface area contributed by atoms with Crippen molar-refractivity contribution in [3.8, 4) is 0 Å². The molecular weight excluding hydrogens is 90.1 g/mol. The SMILES string of the molecule is [CH]c1cc(C)on1. The van der Waals surface area contributed by atoms with Gasteiger partial charge in [-0.25, -0.2) is 0 Å². The van der Waals surface area contributed by atoms with E-state index in [9.17, 15) is 0 Å². The van der Waals surface area contributed by atoms with E-state index >= 15 is 0 Å². The minimum Gasteiger partial charge on any atom is -0.361 e. The summed E-state index contributed by atoms with van der Waals surface area (Å²) in [7, 11) is 0. The van der Waals surface area contributed by atoms with Crippen molar-refractivity contribution >= 4 is 0 Å². The van der Waals surface area contributed by atoms with E-state index in [1.807, 2.05) is 0 Å². The Balaban J connectivity index is 3.04.